The minimum absolute atomic E-state index is 0.146. The van der Waals surface area contributed by atoms with Crippen LogP contribution in [0.15, 0.2) is 30.3 Å². The SMILES string of the molecule is COC(=O)CC1(C(=O)OC)c2ccc3c(C(=O)C(F)(F)F)cccc3c2N2CCCC21. The summed E-state index contributed by atoms with van der Waals surface area (Å²) < 4.78 is 49.3. The number of carbonyl (C=O) groups is 3. The molecule has 9 heteroatoms. The Balaban J connectivity index is 2.01. The van der Waals surface area contributed by atoms with Gasteiger partial charge in [-0.2, -0.15) is 13.2 Å². The summed E-state index contributed by atoms with van der Waals surface area (Å²) in [5.41, 5.74) is -0.733. The van der Waals surface area contributed by atoms with Gasteiger partial charge < -0.3 is 14.4 Å². The number of nitrogens with zero attached hydrogens (tertiary/aromatic N) is 1. The second kappa shape index (κ2) is 7.25. The number of ketones is 1. The summed E-state index contributed by atoms with van der Waals surface area (Å²) in [6.45, 7) is 0.564. The van der Waals surface area contributed by atoms with E-state index in [4.69, 9.17) is 9.47 Å². The average molecular weight is 435 g/mol. The van der Waals surface area contributed by atoms with Crippen molar-refractivity contribution in [3.05, 3.63) is 41.5 Å². The van der Waals surface area contributed by atoms with E-state index >= 15 is 0 Å². The highest BCUT2D eigenvalue weighted by Crippen LogP contribution is 2.55. The van der Waals surface area contributed by atoms with E-state index in [1.54, 1.807) is 6.07 Å². The molecule has 0 aliphatic carbocycles. The number of carbonyl (C=O) groups excluding carboxylic acids is 3. The Morgan fingerprint density at radius 2 is 1.84 bits per heavy atom. The molecule has 1 saturated heterocycles. The smallest absolute Gasteiger partial charge is 0.454 e. The molecule has 2 aromatic carbocycles. The standard InChI is InChI=1S/C22H20F3NO5/c1-30-17(27)11-21(20(29)31-2)15-9-8-12-13(18(15)26-10-4-7-16(21)26)5-3-6-14(12)19(28)22(23,24)25/h3,5-6,8-9,16H,4,7,10-11H2,1-2H3. The molecule has 2 aliphatic heterocycles. The minimum atomic E-state index is -5.01. The molecule has 164 valence electrons. The number of fused-ring (bicyclic) bond motifs is 5. The number of hydrogen-bond donors (Lipinski definition) is 0. The first-order valence-electron chi connectivity index (χ1n) is 9.76. The van der Waals surface area contributed by atoms with Crippen LogP contribution >= 0.6 is 0 Å². The van der Waals surface area contributed by atoms with Crippen molar-refractivity contribution >= 4 is 34.2 Å². The number of anilines is 1. The summed E-state index contributed by atoms with van der Waals surface area (Å²) in [6, 6.07) is 6.70. The predicted molar refractivity (Wildman–Crippen MR) is 105 cm³/mol. The van der Waals surface area contributed by atoms with Gasteiger partial charge in [-0.3, -0.25) is 14.4 Å². The van der Waals surface area contributed by atoms with Crippen LogP contribution < -0.4 is 4.90 Å². The van der Waals surface area contributed by atoms with Crippen LogP contribution in [0.4, 0.5) is 18.9 Å². The molecule has 0 N–H and O–H groups in total. The molecule has 4 rings (SSSR count). The van der Waals surface area contributed by atoms with E-state index in [-0.39, 0.29) is 11.8 Å². The number of rotatable bonds is 4. The predicted octanol–water partition coefficient (Wildman–Crippen LogP) is 3.54. The van der Waals surface area contributed by atoms with Crippen molar-refractivity contribution in [3.63, 3.8) is 0 Å². The molecule has 2 unspecified atom stereocenters. The van der Waals surface area contributed by atoms with Crippen molar-refractivity contribution in [2.45, 2.75) is 36.9 Å². The molecule has 2 aliphatic rings. The Morgan fingerprint density at radius 1 is 1.10 bits per heavy atom. The quantitative estimate of drug-likeness (QED) is 0.540. The lowest BCUT2D eigenvalue weighted by molar-refractivity contribution is -0.154. The number of halogens is 3. The van der Waals surface area contributed by atoms with E-state index in [0.29, 0.717) is 29.6 Å². The van der Waals surface area contributed by atoms with Gasteiger partial charge in [0.05, 0.1) is 20.6 Å². The van der Waals surface area contributed by atoms with Crippen molar-refractivity contribution in [3.8, 4) is 0 Å². The molecule has 2 atom stereocenters. The molecule has 0 aromatic heterocycles. The molecular weight excluding hydrogens is 415 g/mol. The monoisotopic (exact) mass is 435 g/mol. The highest BCUT2D eigenvalue weighted by molar-refractivity contribution is 6.14. The van der Waals surface area contributed by atoms with Gasteiger partial charge in [-0.1, -0.05) is 30.3 Å². The lowest BCUT2D eigenvalue weighted by Gasteiger charge is -2.32. The van der Waals surface area contributed by atoms with Crippen LogP contribution in [0.5, 0.6) is 0 Å². The molecular formula is C22H20F3NO5. The molecule has 0 saturated carbocycles. The maximum absolute atomic E-state index is 13.1. The highest BCUT2D eigenvalue weighted by Gasteiger charge is 2.60. The molecule has 1 fully saturated rings. The molecule has 0 radical (unpaired) electrons. The van der Waals surface area contributed by atoms with Crippen LogP contribution in [0.3, 0.4) is 0 Å². The summed E-state index contributed by atoms with van der Waals surface area (Å²) in [5, 5.41) is 0.572. The summed E-state index contributed by atoms with van der Waals surface area (Å²) in [4.78, 5) is 39.3. The Kier molecular flexibility index (Phi) is 4.94. The average Bonchev–Trinajstić information content (AvgIpc) is 3.32. The summed E-state index contributed by atoms with van der Waals surface area (Å²) in [6.07, 6.45) is -3.92. The van der Waals surface area contributed by atoms with Crippen LogP contribution in [0.1, 0.15) is 35.2 Å². The Labute approximate surface area is 175 Å². The fourth-order valence-corrected chi connectivity index (χ4v) is 5.10. The third kappa shape index (κ3) is 2.97. The van der Waals surface area contributed by atoms with Crippen molar-refractivity contribution in [1.29, 1.82) is 0 Å². The number of hydrogen-bond acceptors (Lipinski definition) is 6. The molecule has 31 heavy (non-hydrogen) atoms. The maximum Gasteiger partial charge on any atom is 0.454 e. The number of alkyl halides is 3. The van der Waals surface area contributed by atoms with Gasteiger partial charge in [0.25, 0.3) is 5.78 Å². The van der Waals surface area contributed by atoms with Gasteiger partial charge in [-0.05, 0) is 23.8 Å². The van der Waals surface area contributed by atoms with Gasteiger partial charge in [0.1, 0.15) is 5.41 Å². The van der Waals surface area contributed by atoms with Crippen molar-refractivity contribution < 1.29 is 37.0 Å². The maximum atomic E-state index is 13.1. The number of methoxy groups -OCH3 is 2. The van der Waals surface area contributed by atoms with Gasteiger partial charge in [-0.25, -0.2) is 0 Å². The first-order chi connectivity index (χ1) is 14.7. The van der Waals surface area contributed by atoms with Gasteiger partial charge in [0, 0.05) is 29.2 Å². The first kappa shape index (κ1) is 21.1. The lowest BCUT2D eigenvalue weighted by atomic mass is 9.72. The largest absolute Gasteiger partial charge is 0.469 e. The van der Waals surface area contributed by atoms with Crippen molar-refractivity contribution in [1.82, 2.24) is 0 Å². The zero-order chi connectivity index (χ0) is 22.6. The Hall–Kier alpha value is -3.10. The van der Waals surface area contributed by atoms with E-state index in [2.05, 4.69) is 0 Å². The topological polar surface area (TPSA) is 72.9 Å². The third-order valence-electron chi connectivity index (χ3n) is 6.33. The van der Waals surface area contributed by atoms with Crippen molar-refractivity contribution in [2.24, 2.45) is 0 Å². The van der Waals surface area contributed by atoms with Gasteiger partial charge in [-0.15, -0.1) is 0 Å². The van der Waals surface area contributed by atoms with E-state index < -0.39 is 40.9 Å². The summed E-state index contributed by atoms with van der Waals surface area (Å²) in [5.74, 6) is -3.12. The van der Waals surface area contributed by atoms with E-state index in [0.717, 1.165) is 12.5 Å². The zero-order valence-electron chi connectivity index (χ0n) is 16.9. The summed E-state index contributed by atoms with van der Waals surface area (Å²) in [7, 11) is 2.46. The van der Waals surface area contributed by atoms with Crippen LogP contribution in [-0.2, 0) is 24.5 Å². The number of Topliss-reactive ketones (excluding diaryl/α,β-unsaturated/α-hetero) is 1. The van der Waals surface area contributed by atoms with Crippen LogP contribution in [0, 0.1) is 0 Å². The van der Waals surface area contributed by atoms with Crippen LogP contribution in [0.25, 0.3) is 10.8 Å². The number of esters is 2. The normalized spacial score (nSPS) is 22.2. The number of benzene rings is 2. The Morgan fingerprint density at radius 3 is 2.48 bits per heavy atom. The van der Waals surface area contributed by atoms with Gasteiger partial charge in [0.15, 0.2) is 0 Å². The zero-order valence-corrected chi connectivity index (χ0v) is 16.9. The minimum Gasteiger partial charge on any atom is -0.469 e. The molecule has 0 bridgehead atoms. The van der Waals surface area contributed by atoms with Gasteiger partial charge in [0.2, 0.25) is 0 Å². The Bertz CT molecular complexity index is 1100. The second-order valence-electron chi connectivity index (χ2n) is 7.76. The molecule has 2 aromatic rings. The fourth-order valence-electron chi connectivity index (χ4n) is 5.10. The molecule has 0 spiro atoms. The lowest BCUT2D eigenvalue weighted by Crippen LogP contribution is -2.49. The second-order valence-corrected chi connectivity index (χ2v) is 7.76. The van der Waals surface area contributed by atoms with Crippen LogP contribution in [-0.4, -0.2) is 50.7 Å². The van der Waals surface area contributed by atoms with E-state index in [1.807, 2.05) is 4.90 Å². The molecule has 0 amide bonds. The number of ether oxygens (including phenoxy) is 2. The third-order valence-corrected chi connectivity index (χ3v) is 6.33. The first-order valence-corrected chi connectivity index (χ1v) is 9.76. The molecule has 2 heterocycles. The van der Waals surface area contributed by atoms with Crippen LogP contribution in [0.2, 0.25) is 0 Å². The fraction of sp³-hybridized carbons (Fsp3) is 0.409. The highest BCUT2D eigenvalue weighted by atomic mass is 19.4. The van der Waals surface area contributed by atoms with Gasteiger partial charge >= 0.3 is 18.1 Å². The summed E-state index contributed by atoms with van der Waals surface area (Å²) >= 11 is 0. The molecule has 6 nitrogen and oxygen atoms in total. The van der Waals surface area contributed by atoms with E-state index in [9.17, 15) is 27.6 Å². The van der Waals surface area contributed by atoms with Crippen molar-refractivity contribution in [2.75, 3.05) is 25.7 Å². The van der Waals surface area contributed by atoms with E-state index in [1.165, 1.54) is 32.4 Å².